The summed E-state index contributed by atoms with van der Waals surface area (Å²) in [6, 6.07) is 8.46. The molecule has 41 heavy (non-hydrogen) atoms. The van der Waals surface area contributed by atoms with Crippen LogP contribution in [0.25, 0.3) is 0 Å². The van der Waals surface area contributed by atoms with Crippen LogP contribution in [0.15, 0.2) is 42.5 Å². The van der Waals surface area contributed by atoms with E-state index in [9.17, 15) is 41.3 Å². The van der Waals surface area contributed by atoms with E-state index in [-0.39, 0.29) is 23.7 Å². The van der Waals surface area contributed by atoms with E-state index in [1.807, 2.05) is 0 Å². The number of rotatable bonds is 8. The van der Waals surface area contributed by atoms with E-state index in [4.69, 9.17) is 4.74 Å². The average molecular weight is 588 g/mol. The van der Waals surface area contributed by atoms with E-state index >= 15 is 0 Å². The molecular formula is C28H31F6N3O4. The summed E-state index contributed by atoms with van der Waals surface area (Å²) in [7, 11) is 0. The molecule has 224 valence electrons. The number of halogens is 6. The normalized spacial score (nSPS) is 18.0. The van der Waals surface area contributed by atoms with Crippen LogP contribution in [0, 0.1) is 10.1 Å². The fourth-order valence-electron chi connectivity index (χ4n) is 5.43. The lowest BCUT2D eigenvalue weighted by Crippen LogP contribution is -2.43. The largest absolute Gasteiger partial charge is 0.490 e. The maximum absolute atomic E-state index is 13.4. The van der Waals surface area contributed by atoms with Crippen molar-refractivity contribution in [1.29, 1.82) is 0 Å². The first-order valence-corrected chi connectivity index (χ1v) is 13.5. The maximum Gasteiger partial charge on any atom is 0.417 e. The van der Waals surface area contributed by atoms with E-state index in [0.717, 1.165) is 55.8 Å². The van der Waals surface area contributed by atoms with Gasteiger partial charge < -0.3 is 14.5 Å². The predicted molar refractivity (Wildman–Crippen MR) is 137 cm³/mol. The summed E-state index contributed by atoms with van der Waals surface area (Å²) in [5, 5.41) is 10.7. The van der Waals surface area contributed by atoms with E-state index < -0.39 is 40.5 Å². The second-order valence-corrected chi connectivity index (χ2v) is 10.5. The SMILES string of the molecule is O=C(CCN1CCC(c2ccc(C(F)(F)F)cc2)CC1)N1CCC(Oc2ccc(C[N+](=O)[O-])c(C(F)(F)F)c2)CC1. The first-order valence-electron chi connectivity index (χ1n) is 13.5. The van der Waals surface area contributed by atoms with Gasteiger partial charge in [-0.1, -0.05) is 12.1 Å². The van der Waals surface area contributed by atoms with Gasteiger partial charge in [0.05, 0.1) is 11.1 Å². The summed E-state index contributed by atoms with van der Waals surface area (Å²) in [6.45, 7) is 1.94. The number of benzene rings is 2. The summed E-state index contributed by atoms with van der Waals surface area (Å²) in [5.41, 5.74) is -1.30. The van der Waals surface area contributed by atoms with Crippen molar-refractivity contribution < 1.29 is 40.8 Å². The molecule has 0 N–H and O–H groups in total. The Bertz CT molecular complexity index is 1200. The minimum atomic E-state index is -4.75. The van der Waals surface area contributed by atoms with Crippen molar-refractivity contribution in [3.8, 4) is 5.75 Å². The van der Waals surface area contributed by atoms with Gasteiger partial charge in [-0.2, -0.15) is 26.3 Å². The summed E-state index contributed by atoms with van der Waals surface area (Å²) < 4.78 is 84.3. The minimum Gasteiger partial charge on any atom is -0.490 e. The second kappa shape index (κ2) is 12.7. The first kappa shape index (κ1) is 30.6. The lowest BCUT2D eigenvalue weighted by Gasteiger charge is -2.34. The van der Waals surface area contributed by atoms with Crippen molar-refractivity contribution >= 4 is 5.91 Å². The van der Waals surface area contributed by atoms with Gasteiger partial charge >= 0.3 is 12.4 Å². The van der Waals surface area contributed by atoms with Crippen molar-refractivity contribution in [3.63, 3.8) is 0 Å². The van der Waals surface area contributed by atoms with Gasteiger partial charge in [0.2, 0.25) is 12.5 Å². The number of ether oxygens (including phenoxy) is 1. The van der Waals surface area contributed by atoms with Crippen LogP contribution < -0.4 is 4.74 Å². The third-order valence-electron chi connectivity index (χ3n) is 7.72. The molecule has 0 aromatic heterocycles. The van der Waals surface area contributed by atoms with Gasteiger partial charge in [0, 0.05) is 49.4 Å². The van der Waals surface area contributed by atoms with Crippen molar-refractivity contribution in [2.24, 2.45) is 0 Å². The molecule has 0 saturated carbocycles. The number of hydrogen-bond acceptors (Lipinski definition) is 5. The fourth-order valence-corrected chi connectivity index (χ4v) is 5.43. The Hall–Kier alpha value is -3.35. The van der Waals surface area contributed by atoms with Crippen molar-refractivity contribution in [2.75, 3.05) is 32.7 Å². The van der Waals surface area contributed by atoms with Gasteiger partial charge in [-0.25, -0.2) is 0 Å². The predicted octanol–water partition coefficient (Wildman–Crippen LogP) is 6.14. The number of alkyl halides is 6. The molecule has 2 heterocycles. The summed E-state index contributed by atoms with van der Waals surface area (Å²) in [4.78, 5) is 26.6. The fraction of sp³-hybridized carbons (Fsp3) is 0.536. The molecule has 0 bridgehead atoms. The lowest BCUT2D eigenvalue weighted by atomic mass is 9.89. The Morgan fingerprint density at radius 1 is 0.902 bits per heavy atom. The zero-order valence-corrected chi connectivity index (χ0v) is 22.2. The van der Waals surface area contributed by atoms with Crippen LogP contribution in [-0.2, 0) is 23.7 Å². The number of nitrogens with zero attached hydrogens (tertiary/aromatic N) is 3. The Labute approximate surface area is 233 Å². The highest BCUT2D eigenvalue weighted by atomic mass is 19.4. The zero-order valence-electron chi connectivity index (χ0n) is 22.2. The van der Waals surface area contributed by atoms with Gasteiger partial charge in [-0.15, -0.1) is 0 Å². The smallest absolute Gasteiger partial charge is 0.417 e. The molecule has 2 aromatic carbocycles. The Morgan fingerprint density at radius 3 is 2.10 bits per heavy atom. The number of nitro groups is 1. The average Bonchev–Trinajstić information content (AvgIpc) is 2.92. The Balaban J connectivity index is 1.19. The van der Waals surface area contributed by atoms with Gasteiger partial charge in [-0.05, 0) is 67.7 Å². The third-order valence-corrected chi connectivity index (χ3v) is 7.72. The number of likely N-dealkylation sites (tertiary alicyclic amines) is 2. The van der Waals surface area contributed by atoms with E-state index in [0.29, 0.717) is 38.9 Å². The number of hydrogen-bond donors (Lipinski definition) is 0. The van der Waals surface area contributed by atoms with Crippen molar-refractivity contribution in [1.82, 2.24) is 9.80 Å². The van der Waals surface area contributed by atoms with Crippen molar-refractivity contribution in [2.45, 2.75) is 63.0 Å². The van der Waals surface area contributed by atoms with Crippen LogP contribution >= 0.6 is 0 Å². The van der Waals surface area contributed by atoms with E-state index in [1.165, 1.54) is 6.07 Å². The highest BCUT2D eigenvalue weighted by Crippen LogP contribution is 2.36. The van der Waals surface area contributed by atoms with E-state index in [2.05, 4.69) is 4.90 Å². The molecule has 2 aliphatic heterocycles. The number of carbonyl (C=O) groups is 1. The molecule has 0 aliphatic carbocycles. The minimum absolute atomic E-state index is 0.0168. The lowest BCUT2D eigenvalue weighted by molar-refractivity contribution is -0.497. The van der Waals surface area contributed by atoms with Gasteiger partial charge in [0.15, 0.2) is 0 Å². The summed E-state index contributed by atoms with van der Waals surface area (Å²) in [6.07, 6.45) is -6.68. The van der Waals surface area contributed by atoms with E-state index in [1.54, 1.807) is 17.0 Å². The summed E-state index contributed by atoms with van der Waals surface area (Å²) in [5.74, 6) is 0.144. The van der Waals surface area contributed by atoms with Crippen LogP contribution in [0.3, 0.4) is 0 Å². The molecular weight excluding hydrogens is 556 g/mol. The highest BCUT2D eigenvalue weighted by Gasteiger charge is 2.36. The van der Waals surface area contributed by atoms with Crippen LogP contribution in [-0.4, -0.2) is 59.5 Å². The topological polar surface area (TPSA) is 75.9 Å². The molecule has 0 unspecified atom stereocenters. The van der Waals surface area contributed by atoms with Crippen LogP contribution in [0.1, 0.15) is 60.3 Å². The van der Waals surface area contributed by atoms with Crippen molar-refractivity contribution in [3.05, 3.63) is 74.8 Å². The molecule has 2 aromatic rings. The summed E-state index contributed by atoms with van der Waals surface area (Å²) >= 11 is 0. The molecule has 2 saturated heterocycles. The molecule has 0 radical (unpaired) electrons. The monoisotopic (exact) mass is 587 g/mol. The molecule has 4 rings (SSSR count). The molecule has 1 amide bonds. The molecule has 0 spiro atoms. The third kappa shape index (κ3) is 8.34. The maximum atomic E-state index is 13.4. The Kier molecular flexibility index (Phi) is 9.45. The molecule has 13 heteroatoms. The van der Waals surface area contributed by atoms with Crippen LogP contribution in [0.4, 0.5) is 26.3 Å². The number of piperidine rings is 2. The quantitative estimate of drug-likeness (QED) is 0.211. The first-order chi connectivity index (χ1) is 19.3. The van der Waals surface area contributed by atoms with Gasteiger partial charge in [0.25, 0.3) is 0 Å². The molecule has 0 atom stereocenters. The standard InChI is InChI=1S/C28H31F6N3O4/c29-27(30,31)22-4-1-19(2-5-22)20-7-12-35(13-8-20)14-11-26(38)36-15-9-23(10-16-36)41-24-6-3-21(18-37(39)40)25(17-24)28(32,33)34/h1-6,17,20,23H,7-16,18H2. The zero-order chi connectivity index (χ0) is 29.8. The highest BCUT2D eigenvalue weighted by molar-refractivity contribution is 5.76. The molecule has 2 aliphatic rings. The van der Waals surface area contributed by atoms with Gasteiger partial charge in [-0.3, -0.25) is 14.9 Å². The second-order valence-electron chi connectivity index (χ2n) is 10.5. The van der Waals surface area contributed by atoms with Gasteiger partial charge in [0.1, 0.15) is 11.9 Å². The van der Waals surface area contributed by atoms with Crippen LogP contribution in [0.2, 0.25) is 0 Å². The molecule has 7 nitrogen and oxygen atoms in total. The number of amides is 1. The number of carbonyl (C=O) groups excluding carboxylic acids is 1. The Morgan fingerprint density at radius 2 is 1.54 bits per heavy atom. The van der Waals surface area contributed by atoms with Crippen LogP contribution in [0.5, 0.6) is 5.75 Å². The molecule has 2 fully saturated rings.